The average Bonchev–Trinajstić information content (AvgIpc) is 2.63. The van der Waals surface area contributed by atoms with E-state index in [1.807, 2.05) is 0 Å². The summed E-state index contributed by atoms with van der Waals surface area (Å²) >= 11 is 5.73. The molecule has 0 amide bonds. The smallest absolute Gasteiger partial charge is 0.244 e. The number of aliphatic hydroxyl groups excluding tert-OH is 2. The van der Waals surface area contributed by atoms with Crippen LogP contribution >= 0.6 is 11.6 Å². The minimum Gasteiger partial charge on any atom is -0.389 e. The van der Waals surface area contributed by atoms with Crippen LogP contribution in [0.2, 0.25) is 5.02 Å². The van der Waals surface area contributed by atoms with Gasteiger partial charge in [-0.2, -0.15) is 4.31 Å². The first-order valence-electron chi connectivity index (χ1n) is 5.13. The molecule has 0 saturated carbocycles. The summed E-state index contributed by atoms with van der Waals surface area (Å²) in [6, 6.07) is 3.01. The Morgan fingerprint density at radius 1 is 1.28 bits per heavy atom. The minimum atomic E-state index is -4.02. The van der Waals surface area contributed by atoms with Crippen LogP contribution in [-0.2, 0) is 10.0 Å². The fraction of sp³-hybridized carbons (Fsp3) is 0.400. The number of sulfonamides is 1. The van der Waals surface area contributed by atoms with Crippen molar-refractivity contribution in [2.45, 2.75) is 17.1 Å². The molecule has 1 saturated heterocycles. The molecule has 0 aromatic heterocycles. The van der Waals surface area contributed by atoms with Crippen LogP contribution in [0.5, 0.6) is 0 Å². The summed E-state index contributed by atoms with van der Waals surface area (Å²) in [5, 5.41) is 18.6. The highest BCUT2D eigenvalue weighted by Crippen LogP contribution is 2.27. The summed E-state index contributed by atoms with van der Waals surface area (Å²) in [5.41, 5.74) is 0. The number of aliphatic hydroxyl groups is 2. The minimum absolute atomic E-state index is 0.104. The van der Waals surface area contributed by atoms with Gasteiger partial charge in [0.05, 0.1) is 17.2 Å². The van der Waals surface area contributed by atoms with Gasteiger partial charge in [0.25, 0.3) is 0 Å². The molecule has 0 aliphatic carbocycles. The van der Waals surface area contributed by atoms with Gasteiger partial charge in [-0.1, -0.05) is 11.6 Å². The topological polar surface area (TPSA) is 77.8 Å². The molecule has 1 aliphatic rings. The van der Waals surface area contributed by atoms with E-state index in [1.54, 1.807) is 0 Å². The van der Waals surface area contributed by atoms with Crippen LogP contribution in [-0.4, -0.2) is 48.2 Å². The van der Waals surface area contributed by atoms with E-state index in [4.69, 9.17) is 11.6 Å². The SMILES string of the molecule is O=S(=O)(c1cc(F)ccc1Cl)N1C[C@@H](O)[C@@H](O)C1. The van der Waals surface area contributed by atoms with E-state index in [9.17, 15) is 23.0 Å². The summed E-state index contributed by atoms with van der Waals surface area (Å²) in [6.45, 7) is -0.479. The third kappa shape index (κ3) is 2.36. The highest BCUT2D eigenvalue weighted by atomic mass is 35.5. The van der Waals surface area contributed by atoms with Crippen molar-refractivity contribution in [2.75, 3.05) is 13.1 Å². The van der Waals surface area contributed by atoms with Crippen molar-refractivity contribution in [3.05, 3.63) is 29.0 Å². The van der Waals surface area contributed by atoms with Crippen LogP contribution in [0.15, 0.2) is 23.1 Å². The maximum atomic E-state index is 13.1. The Balaban J connectivity index is 2.40. The number of benzene rings is 1. The lowest BCUT2D eigenvalue weighted by Gasteiger charge is -2.16. The molecule has 18 heavy (non-hydrogen) atoms. The first-order chi connectivity index (χ1) is 8.32. The molecule has 2 atom stereocenters. The Hall–Kier alpha value is -0.730. The lowest BCUT2D eigenvalue weighted by molar-refractivity contribution is 0.0572. The fourth-order valence-corrected chi connectivity index (χ4v) is 3.71. The van der Waals surface area contributed by atoms with Crippen molar-refractivity contribution < 1.29 is 23.0 Å². The van der Waals surface area contributed by atoms with Crippen LogP contribution in [0.1, 0.15) is 0 Å². The van der Waals surface area contributed by atoms with Gasteiger partial charge in [0.2, 0.25) is 10.0 Å². The molecule has 2 rings (SSSR count). The Morgan fingerprint density at radius 2 is 1.83 bits per heavy atom. The normalized spacial score (nSPS) is 25.6. The number of hydrogen-bond donors (Lipinski definition) is 2. The van der Waals surface area contributed by atoms with Gasteiger partial charge < -0.3 is 10.2 Å². The average molecular weight is 296 g/mol. The summed E-state index contributed by atoms with van der Waals surface area (Å²) in [6.07, 6.45) is -2.29. The lowest BCUT2D eigenvalue weighted by atomic mass is 10.3. The Kier molecular flexibility index (Phi) is 3.61. The van der Waals surface area contributed by atoms with E-state index in [0.717, 1.165) is 22.5 Å². The second kappa shape index (κ2) is 4.75. The first-order valence-corrected chi connectivity index (χ1v) is 6.95. The number of β-amino-alcohol motifs (C(OH)–C–C–N with tert-alkyl or cyclic N) is 2. The van der Waals surface area contributed by atoms with Crippen LogP contribution in [0, 0.1) is 5.82 Å². The van der Waals surface area contributed by atoms with Crippen LogP contribution in [0.3, 0.4) is 0 Å². The lowest BCUT2D eigenvalue weighted by Crippen LogP contribution is -2.30. The fourth-order valence-electron chi connectivity index (χ4n) is 1.75. The molecule has 100 valence electrons. The van der Waals surface area contributed by atoms with E-state index < -0.39 is 28.0 Å². The summed E-state index contributed by atoms with van der Waals surface area (Å²) < 4.78 is 38.3. The monoisotopic (exact) mass is 295 g/mol. The standard InChI is InChI=1S/C10H11ClFNO4S/c11-7-2-1-6(12)3-10(7)18(16,17)13-4-8(14)9(15)5-13/h1-3,8-9,14-15H,4-5H2/t8-,9+. The predicted octanol–water partition coefficient (Wildman–Crippen LogP) is 0.205. The zero-order valence-corrected chi connectivity index (χ0v) is 10.7. The Labute approximate surface area is 108 Å². The molecule has 0 spiro atoms. The molecule has 1 fully saturated rings. The molecular formula is C10H11ClFNO4S. The van der Waals surface area contributed by atoms with Gasteiger partial charge in [-0.05, 0) is 18.2 Å². The number of rotatable bonds is 2. The first kappa shape index (κ1) is 13.7. The summed E-state index contributed by atoms with van der Waals surface area (Å²) in [5.74, 6) is -0.724. The molecule has 1 aromatic rings. The molecule has 1 aromatic carbocycles. The predicted molar refractivity (Wildman–Crippen MR) is 62.2 cm³/mol. The summed E-state index contributed by atoms with van der Waals surface area (Å²) in [4.78, 5) is -0.370. The Bertz CT molecular complexity index is 555. The van der Waals surface area contributed by atoms with E-state index in [2.05, 4.69) is 0 Å². The third-order valence-electron chi connectivity index (χ3n) is 2.74. The third-order valence-corrected chi connectivity index (χ3v) is 5.05. The zero-order chi connectivity index (χ0) is 13.5. The van der Waals surface area contributed by atoms with E-state index in [0.29, 0.717) is 0 Å². The van der Waals surface area contributed by atoms with Crippen LogP contribution in [0.25, 0.3) is 0 Å². The number of hydrogen-bond acceptors (Lipinski definition) is 4. The second-order valence-corrected chi connectivity index (χ2v) is 6.35. The largest absolute Gasteiger partial charge is 0.389 e. The molecule has 0 radical (unpaired) electrons. The van der Waals surface area contributed by atoms with E-state index >= 15 is 0 Å². The highest BCUT2D eigenvalue weighted by molar-refractivity contribution is 7.89. The van der Waals surface area contributed by atoms with Crippen LogP contribution < -0.4 is 0 Å². The van der Waals surface area contributed by atoms with Crippen molar-refractivity contribution in [1.82, 2.24) is 4.31 Å². The maximum Gasteiger partial charge on any atom is 0.244 e. The number of nitrogens with zero attached hydrogens (tertiary/aromatic N) is 1. The van der Waals surface area contributed by atoms with Crippen LogP contribution in [0.4, 0.5) is 4.39 Å². The molecule has 0 unspecified atom stereocenters. The van der Waals surface area contributed by atoms with Gasteiger partial charge in [0.15, 0.2) is 0 Å². The van der Waals surface area contributed by atoms with Crippen molar-refractivity contribution in [3.8, 4) is 0 Å². The molecule has 5 nitrogen and oxygen atoms in total. The second-order valence-electron chi connectivity index (χ2n) is 4.03. The van der Waals surface area contributed by atoms with E-state index in [1.165, 1.54) is 0 Å². The van der Waals surface area contributed by atoms with Crippen molar-refractivity contribution in [3.63, 3.8) is 0 Å². The molecular weight excluding hydrogens is 285 g/mol. The van der Waals surface area contributed by atoms with Gasteiger partial charge in [0, 0.05) is 13.1 Å². The van der Waals surface area contributed by atoms with E-state index in [-0.39, 0.29) is 23.0 Å². The molecule has 8 heteroatoms. The van der Waals surface area contributed by atoms with Gasteiger partial charge in [-0.25, -0.2) is 12.8 Å². The van der Waals surface area contributed by atoms with Crippen molar-refractivity contribution in [2.24, 2.45) is 0 Å². The highest BCUT2D eigenvalue weighted by Gasteiger charge is 2.38. The molecule has 2 N–H and O–H groups in total. The van der Waals surface area contributed by atoms with Crippen molar-refractivity contribution in [1.29, 1.82) is 0 Å². The Morgan fingerprint density at radius 3 is 2.39 bits per heavy atom. The van der Waals surface area contributed by atoms with Gasteiger partial charge in [-0.15, -0.1) is 0 Å². The van der Waals surface area contributed by atoms with Gasteiger partial charge in [-0.3, -0.25) is 0 Å². The quantitative estimate of drug-likeness (QED) is 0.817. The van der Waals surface area contributed by atoms with Crippen molar-refractivity contribution >= 4 is 21.6 Å². The number of halogens is 2. The molecule has 1 aliphatic heterocycles. The zero-order valence-electron chi connectivity index (χ0n) is 9.12. The van der Waals surface area contributed by atoms with Gasteiger partial charge in [0.1, 0.15) is 10.7 Å². The summed E-state index contributed by atoms with van der Waals surface area (Å²) in [7, 11) is -4.02. The molecule has 1 heterocycles. The molecule has 0 bridgehead atoms. The maximum absolute atomic E-state index is 13.1. The van der Waals surface area contributed by atoms with Gasteiger partial charge >= 0.3 is 0 Å².